The average molecular weight is 386 g/mol. The highest BCUT2D eigenvalue weighted by Crippen LogP contribution is 2.40. The zero-order valence-corrected chi connectivity index (χ0v) is 16.2. The van der Waals surface area contributed by atoms with Crippen molar-refractivity contribution in [1.29, 1.82) is 0 Å². The van der Waals surface area contributed by atoms with E-state index < -0.39 is 17.2 Å². The summed E-state index contributed by atoms with van der Waals surface area (Å²) >= 11 is 0. The van der Waals surface area contributed by atoms with E-state index in [4.69, 9.17) is 9.26 Å². The van der Waals surface area contributed by atoms with E-state index in [1.54, 1.807) is 26.0 Å². The van der Waals surface area contributed by atoms with Crippen LogP contribution in [0.15, 0.2) is 34.9 Å². The molecule has 1 spiro atoms. The van der Waals surface area contributed by atoms with Crippen molar-refractivity contribution < 1.29 is 19.2 Å². The third kappa shape index (κ3) is 3.74. The van der Waals surface area contributed by atoms with Crippen molar-refractivity contribution in [2.45, 2.75) is 50.4 Å². The van der Waals surface area contributed by atoms with Crippen LogP contribution >= 0.6 is 0 Å². The molecule has 150 valence electrons. The lowest BCUT2D eigenvalue weighted by molar-refractivity contribution is -0.176. The minimum Gasteiger partial charge on any atom is -0.388 e. The summed E-state index contributed by atoms with van der Waals surface area (Å²) in [5.41, 5.74) is -0.873. The number of nitrogens with zero attached hydrogens (tertiary/aromatic N) is 3. The summed E-state index contributed by atoms with van der Waals surface area (Å²) in [6.07, 6.45) is 1.99. The quantitative estimate of drug-likeness (QED) is 0.828. The lowest BCUT2D eigenvalue weighted by Crippen LogP contribution is -2.64. The van der Waals surface area contributed by atoms with Crippen molar-refractivity contribution in [3.05, 3.63) is 41.8 Å². The Kier molecular flexibility index (Phi) is 4.84. The van der Waals surface area contributed by atoms with Crippen LogP contribution in [0.5, 0.6) is 0 Å². The number of carbonyl (C=O) groups excluding carboxylic acids is 1. The first-order valence-corrected chi connectivity index (χ1v) is 9.64. The second kappa shape index (κ2) is 7.18. The van der Waals surface area contributed by atoms with Crippen LogP contribution in [-0.4, -0.2) is 58.1 Å². The molecule has 2 aliphatic heterocycles. The zero-order chi connectivity index (χ0) is 19.8. The van der Waals surface area contributed by atoms with Gasteiger partial charge in [0.1, 0.15) is 0 Å². The van der Waals surface area contributed by atoms with Crippen LogP contribution < -0.4 is 10.2 Å². The molecule has 2 aliphatic rings. The third-order valence-electron chi connectivity index (χ3n) is 5.80. The van der Waals surface area contributed by atoms with Gasteiger partial charge in [0.2, 0.25) is 5.89 Å². The topological polar surface area (TPSA) is 101 Å². The third-order valence-corrected chi connectivity index (χ3v) is 5.80. The summed E-state index contributed by atoms with van der Waals surface area (Å²) in [7, 11) is 0. The SMILES string of the molecule is Cc1nc(N2CCC3(CC2)C[C@](C)(O)[C@@H](NC(=O)c2ccccc2)CO3)no1. The second-order valence-electron chi connectivity index (χ2n) is 8.02. The number of benzene rings is 1. The van der Waals surface area contributed by atoms with Crippen LogP contribution in [0.1, 0.15) is 42.4 Å². The van der Waals surface area contributed by atoms with Gasteiger partial charge >= 0.3 is 0 Å². The number of rotatable bonds is 3. The van der Waals surface area contributed by atoms with E-state index in [-0.39, 0.29) is 12.5 Å². The predicted molar refractivity (Wildman–Crippen MR) is 102 cm³/mol. The largest absolute Gasteiger partial charge is 0.388 e. The van der Waals surface area contributed by atoms with Crippen molar-refractivity contribution in [3.8, 4) is 0 Å². The Balaban J connectivity index is 1.38. The highest BCUT2D eigenvalue weighted by Gasteiger charge is 2.49. The van der Waals surface area contributed by atoms with Crippen LogP contribution in [0.2, 0.25) is 0 Å². The van der Waals surface area contributed by atoms with Gasteiger partial charge in [0.25, 0.3) is 11.9 Å². The normalized spacial score (nSPS) is 27.0. The zero-order valence-electron chi connectivity index (χ0n) is 16.2. The molecule has 28 heavy (non-hydrogen) atoms. The fraction of sp³-hybridized carbons (Fsp3) is 0.550. The first kappa shape index (κ1) is 18.9. The smallest absolute Gasteiger partial charge is 0.266 e. The summed E-state index contributed by atoms with van der Waals surface area (Å²) < 4.78 is 11.3. The molecule has 2 atom stereocenters. The van der Waals surface area contributed by atoms with Gasteiger partial charge in [0, 0.05) is 32.0 Å². The van der Waals surface area contributed by atoms with Gasteiger partial charge in [-0.1, -0.05) is 18.2 Å². The highest BCUT2D eigenvalue weighted by molar-refractivity contribution is 5.94. The maximum atomic E-state index is 12.5. The number of carbonyl (C=O) groups is 1. The van der Waals surface area contributed by atoms with E-state index in [1.165, 1.54) is 0 Å². The molecule has 2 aromatic rings. The van der Waals surface area contributed by atoms with E-state index >= 15 is 0 Å². The Bertz CT molecular complexity index is 828. The van der Waals surface area contributed by atoms with E-state index in [2.05, 4.69) is 20.4 Å². The number of anilines is 1. The molecule has 2 saturated heterocycles. The molecule has 1 aromatic heterocycles. The van der Waals surface area contributed by atoms with Crippen LogP contribution in [-0.2, 0) is 4.74 Å². The molecule has 3 heterocycles. The van der Waals surface area contributed by atoms with E-state index in [0.717, 1.165) is 25.9 Å². The van der Waals surface area contributed by atoms with Crippen LogP contribution in [0.4, 0.5) is 5.95 Å². The summed E-state index contributed by atoms with van der Waals surface area (Å²) in [5.74, 6) is 0.944. The van der Waals surface area contributed by atoms with Gasteiger partial charge in [0.15, 0.2) is 0 Å². The Labute approximate surface area is 163 Å². The Hall–Kier alpha value is -2.45. The Morgan fingerprint density at radius 2 is 2.00 bits per heavy atom. The van der Waals surface area contributed by atoms with Crippen LogP contribution in [0.25, 0.3) is 0 Å². The standard InChI is InChI=1S/C20H26N4O4/c1-14-21-18(23-28-14)24-10-8-20(9-11-24)13-19(2,26)16(12-27-20)22-17(25)15-6-4-3-5-7-15/h3-7,16,26H,8-13H2,1-2H3,(H,22,25)/t16-,19-/m0/s1. The summed E-state index contributed by atoms with van der Waals surface area (Å²) in [5, 5.41) is 18.0. The number of amides is 1. The average Bonchev–Trinajstić information content (AvgIpc) is 3.11. The molecule has 0 radical (unpaired) electrons. The molecule has 8 heteroatoms. The van der Waals surface area contributed by atoms with Gasteiger partial charge in [-0.25, -0.2) is 0 Å². The number of aliphatic hydroxyl groups is 1. The lowest BCUT2D eigenvalue weighted by atomic mass is 9.75. The van der Waals surface area contributed by atoms with Crippen molar-refractivity contribution in [2.24, 2.45) is 0 Å². The number of ether oxygens (including phenoxy) is 1. The summed E-state index contributed by atoms with van der Waals surface area (Å²) in [6.45, 7) is 5.30. The highest BCUT2D eigenvalue weighted by atomic mass is 16.5. The molecule has 0 aliphatic carbocycles. The molecular formula is C20H26N4O4. The Morgan fingerprint density at radius 3 is 2.61 bits per heavy atom. The number of hydrogen-bond acceptors (Lipinski definition) is 7. The fourth-order valence-electron chi connectivity index (χ4n) is 4.15. The van der Waals surface area contributed by atoms with Gasteiger partial charge < -0.3 is 24.6 Å². The fourth-order valence-corrected chi connectivity index (χ4v) is 4.15. The molecule has 1 aromatic carbocycles. The molecule has 2 fully saturated rings. The number of nitrogens with one attached hydrogen (secondary N) is 1. The minimum atomic E-state index is -1.05. The molecule has 0 unspecified atom stereocenters. The predicted octanol–water partition coefficient (Wildman–Crippen LogP) is 1.69. The summed E-state index contributed by atoms with van der Waals surface area (Å²) in [6, 6.07) is 8.55. The van der Waals surface area contributed by atoms with Crippen molar-refractivity contribution in [2.75, 3.05) is 24.6 Å². The van der Waals surface area contributed by atoms with E-state index in [0.29, 0.717) is 23.8 Å². The molecule has 1 amide bonds. The first-order valence-electron chi connectivity index (χ1n) is 9.64. The minimum absolute atomic E-state index is 0.201. The summed E-state index contributed by atoms with van der Waals surface area (Å²) in [4.78, 5) is 18.8. The molecule has 0 saturated carbocycles. The maximum Gasteiger partial charge on any atom is 0.266 e. The molecular weight excluding hydrogens is 360 g/mol. The van der Waals surface area contributed by atoms with Crippen molar-refractivity contribution >= 4 is 11.9 Å². The van der Waals surface area contributed by atoms with Gasteiger partial charge in [-0.15, -0.1) is 0 Å². The van der Waals surface area contributed by atoms with Gasteiger partial charge in [-0.05, 0) is 37.1 Å². The van der Waals surface area contributed by atoms with Gasteiger partial charge in [-0.3, -0.25) is 4.79 Å². The number of hydrogen-bond donors (Lipinski definition) is 2. The number of aromatic nitrogens is 2. The molecule has 2 N–H and O–H groups in total. The molecule has 4 rings (SSSR count). The van der Waals surface area contributed by atoms with E-state index in [1.807, 2.05) is 18.2 Å². The van der Waals surface area contributed by atoms with Crippen molar-refractivity contribution in [1.82, 2.24) is 15.5 Å². The Morgan fingerprint density at radius 1 is 1.29 bits per heavy atom. The second-order valence-corrected chi connectivity index (χ2v) is 8.02. The monoisotopic (exact) mass is 386 g/mol. The van der Waals surface area contributed by atoms with Gasteiger partial charge in [-0.2, -0.15) is 4.98 Å². The van der Waals surface area contributed by atoms with Crippen LogP contribution in [0, 0.1) is 6.92 Å². The van der Waals surface area contributed by atoms with Crippen molar-refractivity contribution in [3.63, 3.8) is 0 Å². The molecule has 8 nitrogen and oxygen atoms in total. The van der Waals surface area contributed by atoms with Crippen LogP contribution in [0.3, 0.4) is 0 Å². The maximum absolute atomic E-state index is 12.5. The van der Waals surface area contributed by atoms with E-state index in [9.17, 15) is 9.90 Å². The van der Waals surface area contributed by atoms with Gasteiger partial charge in [0.05, 0.1) is 23.9 Å². The lowest BCUT2D eigenvalue weighted by Gasteiger charge is -2.51. The first-order chi connectivity index (χ1) is 13.4. The number of piperidine rings is 1. The number of aryl methyl sites for hydroxylation is 1. The molecule has 0 bridgehead atoms.